The Balaban J connectivity index is 1.62. The third kappa shape index (κ3) is 5.30. The van der Waals surface area contributed by atoms with Gasteiger partial charge in [0.25, 0.3) is 5.91 Å². The number of carbonyl (C=O) groups is 1. The van der Waals surface area contributed by atoms with Crippen molar-refractivity contribution in [3.8, 4) is 5.75 Å². The first kappa shape index (κ1) is 24.3. The molecule has 13 heteroatoms. The Bertz CT molecular complexity index is 1250. The molecule has 9 nitrogen and oxygen atoms in total. The number of fused-ring (bicyclic) bond motifs is 1. The number of nitrogens with zero attached hydrogens (tertiary/aromatic N) is 5. The van der Waals surface area contributed by atoms with Crippen molar-refractivity contribution < 1.29 is 14.6 Å². The lowest BCUT2D eigenvalue weighted by Gasteiger charge is -2.17. The minimum Gasteiger partial charge on any atom is -0.486 e. The topological polar surface area (TPSA) is 114 Å². The smallest absolute Gasteiger partial charge is 0.278 e. The van der Waals surface area contributed by atoms with E-state index < -0.39 is 12.0 Å². The van der Waals surface area contributed by atoms with Crippen molar-refractivity contribution in [3.63, 3.8) is 0 Å². The molecule has 3 heterocycles. The van der Waals surface area contributed by atoms with Crippen LogP contribution in [0, 0.1) is 0 Å². The maximum Gasteiger partial charge on any atom is 0.278 e. The number of ether oxygens (including phenoxy) is 1. The summed E-state index contributed by atoms with van der Waals surface area (Å²) < 4.78 is 7.85. The number of amides is 1. The van der Waals surface area contributed by atoms with E-state index in [1.165, 1.54) is 18.6 Å². The highest BCUT2D eigenvalue weighted by atomic mass is 127. The Morgan fingerprint density at radius 1 is 1.36 bits per heavy atom. The average Bonchev–Trinajstić information content (AvgIpc) is 3.37. The zero-order valence-electron chi connectivity index (χ0n) is 17.2. The number of aliphatic imine (C=N–C) groups is 2. The average molecular weight is 619 g/mol. The number of rotatable bonds is 7. The normalized spacial score (nSPS) is 16.5. The van der Waals surface area contributed by atoms with Gasteiger partial charge in [-0.2, -0.15) is 5.10 Å². The highest BCUT2D eigenvalue weighted by Crippen LogP contribution is 2.35. The SMILES string of the molecule is CC(Oc1ccc2c(c1)c(C(=O)NC1=NC(CCO)N=C1)nn2PI)c1c(Cl)cncc1Cl. The second kappa shape index (κ2) is 10.6. The molecule has 3 unspecified atom stereocenters. The third-order valence-corrected chi connectivity index (χ3v) is 7.32. The monoisotopic (exact) mass is 618 g/mol. The first-order chi connectivity index (χ1) is 15.9. The fourth-order valence-electron chi connectivity index (χ4n) is 3.35. The van der Waals surface area contributed by atoms with E-state index in [0.717, 1.165) is 5.52 Å². The minimum atomic E-state index is -0.447. The number of aliphatic hydroxyl groups is 1. The van der Waals surface area contributed by atoms with Gasteiger partial charge in [-0.15, -0.1) is 0 Å². The van der Waals surface area contributed by atoms with E-state index in [2.05, 4.69) is 47.4 Å². The number of pyridine rings is 1. The summed E-state index contributed by atoms with van der Waals surface area (Å²) in [6.45, 7) is 1.80. The van der Waals surface area contributed by atoms with Gasteiger partial charge in [0.1, 0.15) is 23.9 Å². The van der Waals surface area contributed by atoms with Crippen LogP contribution >= 0.6 is 51.6 Å². The molecule has 0 saturated heterocycles. The Labute approximate surface area is 214 Å². The summed E-state index contributed by atoms with van der Waals surface area (Å²) >= 11 is 14.7. The number of aromatic nitrogens is 3. The zero-order chi connectivity index (χ0) is 23.5. The molecule has 0 bridgehead atoms. The molecule has 0 saturated carbocycles. The number of hydrogen-bond donors (Lipinski definition) is 2. The van der Waals surface area contributed by atoms with Gasteiger partial charge in [-0.05, 0) is 47.2 Å². The predicted molar refractivity (Wildman–Crippen MR) is 140 cm³/mol. The van der Waals surface area contributed by atoms with Gasteiger partial charge in [0, 0.05) is 36.4 Å². The number of aliphatic hydroxyl groups excluding tert-OH is 1. The minimum absolute atomic E-state index is 0.0323. The molecule has 4 rings (SSSR count). The molecule has 1 amide bonds. The lowest BCUT2D eigenvalue weighted by atomic mass is 10.1. The first-order valence-electron chi connectivity index (χ1n) is 9.79. The van der Waals surface area contributed by atoms with Gasteiger partial charge < -0.3 is 15.2 Å². The highest BCUT2D eigenvalue weighted by Gasteiger charge is 2.22. The summed E-state index contributed by atoms with van der Waals surface area (Å²) in [7, 11) is 0. The van der Waals surface area contributed by atoms with E-state index in [9.17, 15) is 4.79 Å². The number of carbonyl (C=O) groups excluding carboxylic acids is 1. The van der Waals surface area contributed by atoms with Crippen molar-refractivity contribution in [3.05, 3.63) is 51.9 Å². The molecule has 3 atom stereocenters. The lowest BCUT2D eigenvalue weighted by molar-refractivity contribution is 0.0974. The molecule has 0 aliphatic carbocycles. The standard InChI is InChI=1S/C20H18Cl2IN6O3P/c1-10(18-13(21)7-24-8-14(18)22)32-11-2-3-15-12(6-11)19(28-29(15)33-23)20(31)27-17-9-25-16(26-17)4-5-30/h2-3,6-10,16,30,33H,4-5H2,1H3,(H,26,27,31). The Kier molecular flexibility index (Phi) is 7.80. The maximum atomic E-state index is 13.0. The number of nitrogens with one attached hydrogen (secondary N) is 1. The van der Waals surface area contributed by atoms with Gasteiger partial charge in [-0.1, -0.05) is 23.2 Å². The molecule has 2 aromatic heterocycles. The Hall–Kier alpha value is -1.85. The molecule has 0 spiro atoms. The highest BCUT2D eigenvalue weighted by molar-refractivity contribution is 14.2. The van der Waals surface area contributed by atoms with Crippen molar-refractivity contribution >= 4 is 80.5 Å². The number of hydrogen-bond acceptors (Lipinski definition) is 7. The van der Waals surface area contributed by atoms with E-state index >= 15 is 0 Å². The summed E-state index contributed by atoms with van der Waals surface area (Å²) in [5, 5.41) is 17.7. The van der Waals surface area contributed by atoms with E-state index in [-0.39, 0.29) is 18.5 Å². The Morgan fingerprint density at radius 2 is 2.12 bits per heavy atom. The summed E-state index contributed by atoms with van der Waals surface area (Å²) in [4.78, 5) is 25.4. The molecular formula is C20H18Cl2IN6O3P. The second-order valence-electron chi connectivity index (χ2n) is 7.04. The van der Waals surface area contributed by atoms with Crippen LogP contribution in [0.3, 0.4) is 0 Å². The number of halogens is 3. The van der Waals surface area contributed by atoms with Crippen LogP contribution in [0.15, 0.2) is 40.6 Å². The molecule has 1 aliphatic rings. The zero-order valence-corrected chi connectivity index (χ0v) is 21.8. The molecule has 1 aliphatic heterocycles. The van der Waals surface area contributed by atoms with Crippen molar-refractivity contribution in [2.75, 3.05) is 6.61 Å². The fraction of sp³-hybridized carbons (Fsp3) is 0.250. The van der Waals surface area contributed by atoms with Gasteiger partial charge in [-0.25, -0.2) is 9.44 Å². The van der Waals surface area contributed by atoms with Crippen molar-refractivity contribution in [1.82, 2.24) is 19.9 Å². The van der Waals surface area contributed by atoms with Crippen LogP contribution in [0.4, 0.5) is 0 Å². The predicted octanol–water partition coefficient (Wildman–Crippen LogP) is 4.59. The largest absolute Gasteiger partial charge is 0.486 e. The van der Waals surface area contributed by atoms with Gasteiger partial charge >= 0.3 is 0 Å². The van der Waals surface area contributed by atoms with Gasteiger partial charge in [0.05, 0.1) is 28.2 Å². The number of benzene rings is 1. The van der Waals surface area contributed by atoms with Crippen LogP contribution < -0.4 is 10.1 Å². The second-order valence-corrected chi connectivity index (χ2v) is 9.89. The summed E-state index contributed by atoms with van der Waals surface area (Å²) in [5.41, 5.74) is 1.67. The maximum absolute atomic E-state index is 13.0. The van der Waals surface area contributed by atoms with E-state index in [4.69, 9.17) is 33.0 Å². The fourth-order valence-corrected chi connectivity index (χ4v) is 5.55. The van der Waals surface area contributed by atoms with Crippen molar-refractivity contribution in [2.45, 2.75) is 25.6 Å². The number of amidine groups is 1. The van der Waals surface area contributed by atoms with E-state index in [1.54, 1.807) is 10.5 Å². The molecule has 172 valence electrons. The summed E-state index contributed by atoms with van der Waals surface area (Å²) in [6.07, 6.45) is 4.37. The molecule has 1 aromatic carbocycles. The summed E-state index contributed by atoms with van der Waals surface area (Å²) in [5.74, 6) is 0.460. The first-order valence-corrected chi connectivity index (χ1v) is 14.6. The van der Waals surface area contributed by atoms with Crippen molar-refractivity contribution in [2.24, 2.45) is 9.98 Å². The quantitative estimate of drug-likeness (QED) is 0.297. The molecule has 3 aromatic rings. The van der Waals surface area contributed by atoms with Crippen LogP contribution in [0.25, 0.3) is 10.9 Å². The van der Waals surface area contributed by atoms with E-state index in [1.807, 2.05) is 19.1 Å². The third-order valence-electron chi connectivity index (χ3n) is 4.84. The van der Waals surface area contributed by atoms with Crippen LogP contribution in [0.5, 0.6) is 5.75 Å². The van der Waals surface area contributed by atoms with Crippen LogP contribution in [0.1, 0.15) is 35.5 Å². The molecule has 0 radical (unpaired) electrons. The van der Waals surface area contributed by atoms with Crippen molar-refractivity contribution in [1.29, 1.82) is 0 Å². The molecule has 0 fully saturated rings. The van der Waals surface area contributed by atoms with Crippen LogP contribution in [0.2, 0.25) is 10.0 Å². The molecular weight excluding hydrogens is 601 g/mol. The molecule has 2 N–H and O–H groups in total. The Morgan fingerprint density at radius 3 is 2.82 bits per heavy atom. The summed E-state index contributed by atoms with van der Waals surface area (Å²) in [6, 6.07) is 5.43. The van der Waals surface area contributed by atoms with Gasteiger partial charge in [0.15, 0.2) is 5.69 Å². The van der Waals surface area contributed by atoms with Crippen LogP contribution in [-0.2, 0) is 0 Å². The lowest BCUT2D eigenvalue weighted by Crippen LogP contribution is -2.31. The van der Waals surface area contributed by atoms with Crippen LogP contribution in [-0.4, -0.2) is 50.4 Å². The molecule has 33 heavy (non-hydrogen) atoms. The van der Waals surface area contributed by atoms with Gasteiger partial charge in [-0.3, -0.25) is 14.8 Å². The van der Waals surface area contributed by atoms with Gasteiger partial charge in [0.2, 0.25) is 0 Å². The van der Waals surface area contributed by atoms with E-state index in [0.29, 0.717) is 45.4 Å².